The van der Waals surface area contributed by atoms with Crippen molar-refractivity contribution in [3.05, 3.63) is 10.4 Å². The molecular formula is C4H2N2O3. The number of rotatable bonds is 0. The molecule has 0 saturated carbocycles. The van der Waals surface area contributed by atoms with E-state index < -0.39 is 11.8 Å². The summed E-state index contributed by atoms with van der Waals surface area (Å²) in [4.78, 5) is 13.6. The van der Waals surface area contributed by atoms with Crippen molar-refractivity contribution in [2.24, 2.45) is 0 Å². The predicted molar refractivity (Wildman–Crippen MR) is 27.2 cm³/mol. The summed E-state index contributed by atoms with van der Waals surface area (Å²) in [7, 11) is 0. The summed E-state index contributed by atoms with van der Waals surface area (Å²) in [6, 6.07) is 0. The molecule has 2 aromatic heterocycles. The minimum absolute atomic E-state index is 0.116. The fourth-order valence-electron chi connectivity index (χ4n) is 0.686. The molecule has 5 nitrogen and oxygen atoms in total. The van der Waals surface area contributed by atoms with Gasteiger partial charge in [0.05, 0.1) is 0 Å². The van der Waals surface area contributed by atoms with Gasteiger partial charge in [0.1, 0.15) is 0 Å². The van der Waals surface area contributed by atoms with Gasteiger partial charge in [0, 0.05) is 0 Å². The fourth-order valence-corrected chi connectivity index (χ4v) is 0.686. The second kappa shape index (κ2) is 0.928. The first kappa shape index (κ1) is 4.37. The lowest BCUT2D eigenvalue weighted by Gasteiger charge is -1.80. The molecular weight excluding hydrogens is 124 g/mol. The van der Waals surface area contributed by atoms with Crippen molar-refractivity contribution in [1.29, 1.82) is 0 Å². The Morgan fingerprint density at radius 3 is 2.44 bits per heavy atom. The monoisotopic (exact) mass is 126 g/mol. The Balaban J connectivity index is 2.94. The predicted octanol–water partition coefficient (Wildman–Crippen LogP) is -1.02. The molecule has 46 valence electrons. The highest BCUT2D eigenvalue weighted by Gasteiger charge is 2.22. The number of aromatic nitrogens is 2. The van der Waals surface area contributed by atoms with E-state index in [2.05, 4.69) is 4.98 Å². The molecule has 0 aliphatic heterocycles. The summed E-state index contributed by atoms with van der Waals surface area (Å²) in [6.45, 7) is 0. The van der Waals surface area contributed by atoms with Crippen LogP contribution in [-0.2, 0) is 0 Å². The summed E-state index contributed by atoms with van der Waals surface area (Å²) >= 11 is 0. The minimum atomic E-state index is -0.482. The Labute approximate surface area is 48.5 Å². The van der Waals surface area contributed by atoms with Crippen LogP contribution in [0.2, 0.25) is 0 Å². The molecule has 2 aromatic rings. The lowest BCUT2D eigenvalue weighted by Crippen LogP contribution is -1.83. The second-order valence-electron chi connectivity index (χ2n) is 1.72. The van der Waals surface area contributed by atoms with E-state index in [4.69, 9.17) is 10.2 Å². The van der Waals surface area contributed by atoms with Gasteiger partial charge in [-0.2, -0.15) is 4.98 Å². The van der Waals surface area contributed by atoms with Gasteiger partial charge < -0.3 is 10.2 Å². The zero-order valence-electron chi connectivity index (χ0n) is 4.20. The summed E-state index contributed by atoms with van der Waals surface area (Å²) in [5, 5.41) is 17.3. The molecule has 0 unspecified atom stereocenters. The zero-order valence-corrected chi connectivity index (χ0v) is 4.20. The van der Waals surface area contributed by atoms with E-state index in [1.165, 1.54) is 0 Å². The van der Waals surface area contributed by atoms with E-state index in [1.807, 2.05) is 0 Å². The topological polar surface area (TPSA) is 74.8 Å². The van der Waals surface area contributed by atoms with Gasteiger partial charge in [0.15, 0.2) is 0 Å². The molecule has 0 spiro atoms. The van der Waals surface area contributed by atoms with Crippen molar-refractivity contribution in [2.45, 2.75) is 0 Å². The highest BCUT2D eigenvalue weighted by atomic mass is 16.3. The van der Waals surface area contributed by atoms with Gasteiger partial charge in [0.2, 0.25) is 5.65 Å². The van der Waals surface area contributed by atoms with Crippen molar-refractivity contribution >= 4 is 5.65 Å². The molecule has 0 fully saturated rings. The van der Waals surface area contributed by atoms with Gasteiger partial charge in [0.25, 0.3) is 11.8 Å². The van der Waals surface area contributed by atoms with Gasteiger partial charge in [-0.05, 0) is 0 Å². The van der Waals surface area contributed by atoms with Crippen LogP contribution >= 0.6 is 0 Å². The van der Waals surface area contributed by atoms with Crippen LogP contribution in [0.5, 0.6) is 11.8 Å². The maximum atomic E-state index is 10.3. The van der Waals surface area contributed by atoms with Crippen molar-refractivity contribution < 1.29 is 10.2 Å². The first-order valence-corrected chi connectivity index (χ1v) is 2.27. The molecule has 0 aromatic carbocycles. The normalized spacial score (nSPS) is 11.6. The zero-order chi connectivity index (χ0) is 6.59. The van der Waals surface area contributed by atoms with Gasteiger partial charge in [-0.3, -0.25) is 4.79 Å². The molecule has 2 rings (SSSR count). The van der Waals surface area contributed by atoms with E-state index in [1.54, 1.807) is 0 Å². The highest BCUT2D eigenvalue weighted by Crippen LogP contribution is 2.24. The number of hydrogen-bond donors (Lipinski definition) is 2. The van der Waals surface area contributed by atoms with Crippen LogP contribution in [0.25, 0.3) is 5.65 Å². The molecule has 0 amide bonds. The fraction of sp³-hybridized carbons (Fsp3) is 0. The van der Waals surface area contributed by atoms with Crippen molar-refractivity contribution in [2.75, 3.05) is 0 Å². The van der Waals surface area contributed by atoms with Crippen molar-refractivity contribution in [1.82, 2.24) is 9.38 Å². The van der Waals surface area contributed by atoms with Crippen LogP contribution in [0.3, 0.4) is 0 Å². The maximum Gasteiger partial charge on any atom is 0.303 e. The summed E-state index contributed by atoms with van der Waals surface area (Å²) in [5.74, 6) is -0.945. The van der Waals surface area contributed by atoms with Crippen molar-refractivity contribution in [3.63, 3.8) is 0 Å². The molecule has 9 heavy (non-hydrogen) atoms. The molecule has 2 N–H and O–H groups in total. The Kier molecular flexibility index (Phi) is 0.450. The molecule has 2 heterocycles. The van der Waals surface area contributed by atoms with Crippen LogP contribution in [0.4, 0.5) is 0 Å². The first-order chi connectivity index (χ1) is 4.22. The Morgan fingerprint density at radius 2 is 2.11 bits per heavy atom. The summed E-state index contributed by atoms with van der Waals surface area (Å²) in [5.41, 5.74) is -0.227. The highest BCUT2D eigenvalue weighted by molar-refractivity contribution is 5.55. The third kappa shape index (κ3) is 0.310. The Morgan fingerprint density at radius 1 is 1.44 bits per heavy atom. The third-order valence-corrected chi connectivity index (χ3v) is 1.18. The van der Waals surface area contributed by atoms with Gasteiger partial charge in [-0.1, -0.05) is 0 Å². The summed E-state index contributed by atoms with van der Waals surface area (Å²) < 4.78 is 0.926. The van der Waals surface area contributed by atoms with E-state index in [0.717, 1.165) is 4.40 Å². The Hall–Kier alpha value is -1.52. The average Bonchev–Trinajstić information content (AvgIpc) is 2.29. The molecule has 0 aliphatic carbocycles. The largest absolute Gasteiger partial charge is 0.490 e. The molecule has 0 aliphatic rings. The first-order valence-electron chi connectivity index (χ1n) is 2.27. The smallest absolute Gasteiger partial charge is 0.303 e. The molecule has 0 atom stereocenters. The number of imidazole rings is 1. The Bertz CT molecular complexity index is 379. The second-order valence-corrected chi connectivity index (χ2v) is 1.72. The van der Waals surface area contributed by atoms with E-state index in [-0.39, 0.29) is 11.2 Å². The van der Waals surface area contributed by atoms with Gasteiger partial charge in [-0.25, -0.2) is 4.40 Å². The van der Waals surface area contributed by atoms with Crippen LogP contribution < -0.4 is 5.56 Å². The number of nitrogens with zero attached hydrogens (tertiary/aromatic N) is 2. The SMILES string of the molecule is O=c1c2nc(O)c(O)n12. The molecule has 0 saturated heterocycles. The van der Waals surface area contributed by atoms with Crippen LogP contribution in [0, 0.1) is 0 Å². The van der Waals surface area contributed by atoms with E-state index in [0.29, 0.717) is 0 Å². The number of aromatic hydroxyl groups is 2. The number of hydrogen-bond acceptors (Lipinski definition) is 4. The quantitative estimate of drug-likeness (QED) is 0.473. The molecule has 0 radical (unpaired) electrons. The minimum Gasteiger partial charge on any atom is -0.490 e. The number of fused-ring (bicyclic) bond motifs is 1. The van der Waals surface area contributed by atoms with Crippen molar-refractivity contribution in [3.8, 4) is 11.8 Å². The summed E-state index contributed by atoms with van der Waals surface area (Å²) in [6.07, 6.45) is 0. The van der Waals surface area contributed by atoms with E-state index in [9.17, 15) is 4.79 Å². The molecule has 5 heteroatoms. The maximum absolute atomic E-state index is 10.3. The van der Waals surface area contributed by atoms with Gasteiger partial charge >= 0.3 is 5.56 Å². The van der Waals surface area contributed by atoms with Crippen LogP contribution in [0.1, 0.15) is 0 Å². The lowest BCUT2D eigenvalue weighted by atomic mass is 10.8. The van der Waals surface area contributed by atoms with Crippen LogP contribution in [0.15, 0.2) is 4.79 Å². The molecule has 0 bridgehead atoms. The third-order valence-electron chi connectivity index (χ3n) is 1.18. The van der Waals surface area contributed by atoms with Crippen LogP contribution in [-0.4, -0.2) is 19.6 Å². The van der Waals surface area contributed by atoms with Gasteiger partial charge in [-0.15, -0.1) is 0 Å². The standard InChI is InChI=1S/C4H2N2O3/c7-2-4(9)6-1(5-2)3(6)8/h7,9H. The average molecular weight is 126 g/mol. The van der Waals surface area contributed by atoms with E-state index >= 15 is 0 Å². The lowest BCUT2D eigenvalue weighted by molar-refractivity contribution is 0.381.